The van der Waals surface area contributed by atoms with Gasteiger partial charge in [0.25, 0.3) is 0 Å². The van der Waals surface area contributed by atoms with Crippen LogP contribution >= 0.6 is 0 Å². The number of halogens is 6. The molecule has 0 amide bonds. The number of allylic oxidation sites excluding steroid dienone is 3. The van der Waals surface area contributed by atoms with Gasteiger partial charge in [-0.25, -0.2) is 13.5 Å². The van der Waals surface area contributed by atoms with Gasteiger partial charge in [-0.1, -0.05) is 6.08 Å². The van der Waals surface area contributed by atoms with Gasteiger partial charge in [0.2, 0.25) is 0 Å². The second-order valence-corrected chi connectivity index (χ2v) is 10.9. The molecule has 0 bridgehead atoms. The fraction of sp³-hybridized carbons (Fsp3) is 0.476. The molecule has 1 aromatic carbocycles. The molecule has 2 aliphatic heterocycles. The van der Waals surface area contributed by atoms with E-state index in [1.165, 1.54) is 12.2 Å². The standard InChI is InChI=1S/C21H19F6N3O4S/c22-20(23,24)33-13-6-8-14(9-7-13)35(31,32)15-10-30(34-21(25,26)27)17-3-1-2-16-19(17,11-28-29-16)18(15)12-4-5-12/h1-3,6-9,12,15,18,28H,4-5,10-11H2. The summed E-state index contributed by atoms with van der Waals surface area (Å²) in [6.07, 6.45) is -4.02. The Balaban J connectivity index is 1.58. The third-order valence-corrected chi connectivity index (χ3v) is 8.86. The minimum absolute atomic E-state index is 0.0851. The second-order valence-electron chi connectivity index (χ2n) is 8.78. The molecular formula is C21H19F6N3O4S. The molecule has 0 aromatic heterocycles. The van der Waals surface area contributed by atoms with Gasteiger partial charge >= 0.3 is 12.7 Å². The fourth-order valence-corrected chi connectivity index (χ4v) is 7.39. The Morgan fingerprint density at radius 2 is 1.74 bits per heavy atom. The maximum Gasteiger partial charge on any atom is 0.573 e. The average Bonchev–Trinajstić information content (AvgIpc) is 3.48. The maximum atomic E-state index is 13.8. The topological polar surface area (TPSA) is 80.2 Å². The first-order valence-electron chi connectivity index (χ1n) is 10.6. The number of hydrogen-bond donors (Lipinski definition) is 1. The highest BCUT2D eigenvalue weighted by Crippen LogP contribution is 2.58. The number of hydrogen-bond acceptors (Lipinski definition) is 7. The Kier molecular flexibility index (Phi) is 5.40. The summed E-state index contributed by atoms with van der Waals surface area (Å²) >= 11 is 0. The highest BCUT2D eigenvalue weighted by Gasteiger charge is 2.64. The van der Waals surface area contributed by atoms with Crippen molar-refractivity contribution in [2.45, 2.75) is 35.7 Å². The molecule has 3 atom stereocenters. The number of rotatable bonds is 5. The van der Waals surface area contributed by atoms with Crippen LogP contribution in [0.3, 0.4) is 0 Å². The Morgan fingerprint density at radius 3 is 2.34 bits per heavy atom. The molecule has 1 saturated heterocycles. The third kappa shape index (κ3) is 4.26. The van der Waals surface area contributed by atoms with E-state index in [0.717, 1.165) is 24.3 Å². The number of piperidine rings is 1. The molecule has 35 heavy (non-hydrogen) atoms. The largest absolute Gasteiger partial charge is 0.573 e. The minimum atomic E-state index is -5.08. The smallest absolute Gasteiger partial charge is 0.406 e. The van der Waals surface area contributed by atoms with Crippen molar-refractivity contribution in [3.8, 4) is 5.75 Å². The molecule has 2 fully saturated rings. The summed E-state index contributed by atoms with van der Waals surface area (Å²) in [5, 5.41) is 3.43. The minimum Gasteiger partial charge on any atom is -0.406 e. The van der Waals surface area contributed by atoms with E-state index in [2.05, 4.69) is 20.1 Å². The van der Waals surface area contributed by atoms with Crippen LogP contribution in [0.2, 0.25) is 0 Å². The van der Waals surface area contributed by atoms with Crippen LogP contribution in [-0.2, 0) is 14.7 Å². The van der Waals surface area contributed by atoms with E-state index in [1.807, 2.05) is 0 Å². The molecule has 1 spiro atoms. The van der Waals surface area contributed by atoms with Crippen molar-refractivity contribution in [1.29, 1.82) is 0 Å². The summed E-state index contributed by atoms with van der Waals surface area (Å²) in [6.45, 7) is -0.527. The van der Waals surface area contributed by atoms with Crippen molar-refractivity contribution < 1.29 is 44.3 Å². The number of benzene rings is 1. The fourth-order valence-electron chi connectivity index (χ4n) is 5.35. The SMILES string of the molecule is O=S(=O)(c1ccc(OC(F)(F)F)cc1)C1CN(OC(F)(F)F)C2=CC=CC3=NNCC23C1C1CC1. The average molecular weight is 523 g/mol. The van der Waals surface area contributed by atoms with E-state index in [4.69, 9.17) is 0 Å². The first-order valence-corrected chi connectivity index (χ1v) is 12.2. The van der Waals surface area contributed by atoms with Crippen molar-refractivity contribution in [3.63, 3.8) is 0 Å². The van der Waals surface area contributed by atoms with Crippen LogP contribution in [0.25, 0.3) is 0 Å². The van der Waals surface area contributed by atoms with Crippen molar-refractivity contribution >= 4 is 15.5 Å². The van der Waals surface area contributed by atoms with Gasteiger partial charge in [-0.2, -0.15) is 9.94 Å². The molecule has 0 radical (unpaired) electrons. The molecule has 4 aliphatic rings. The van der Waals surface area contributed by atoms with E-state index in [1.54, 1.807) is 6.08 Å². The van der Waals surface area contributed by atoms with Gasteiger partial charge in [-0.3, -0.25) is 0 Å². The van der Waals surface area contributed by atoms with Crippen molar-refractivity contribution in [1.82, 2.24) is 10.5 Å². The Labute approximate surface area is 195 Å². The van der Waals surface area contributed by atoms with E-state index in [0.29, 0.717) is 23.6 Å². The summed E-state index contributed by atoms with van der Waals surface area (Å²) in [5.74, 6) is -1.33. The number of nitrogens with zero attached hydrogens (tertiary/aromatic N) is 2. The van der Waals surface area contributed by atoms with Crippen molar-refractivity contribution in [2.24, 2.45) is 22.4 Å². The Morgan fingerprint density at radius 1 is 1.06 bits per heavy atom. The number of hydrazone groups is 1. The van der Waals surface area contributed by atoms with E-state index in [-0.39, 0.29) is 23.1 Å². The number of nitrogens with one attached hydrogen (secondary N) is 1. The molecule has 1 N–H and O–H groups in total. The van der Waals surface area contributed by atoms with Gasteiger partial charge in [0.15, 0.2) is 9.84 Å². The third-order valence-electron chi connectivity index (χ3n) is 6.69. The Bertz CT molecular complexity index is 1200. The summed E-state index contributed by atoms with van der Waals surface area (Å²) in [7, 11) is -4.32. The summed E-state index contributed by atoms with van der Waals surface area (Å²) in [5.41, 5.74) is 2.21. The zero-order valence-corrected chi connectivity index (χ0v) is 18.6. The monoisotopic (exact) mass is 523 g/mol. The lowest BCUT2D eigenvalue weighted by Crippen LogP contribution is -2.61. The van der Waals surface area contributed by atoms with Gasteiger partial charge in [0.05, 0.1) is 40.1 Å². The quantitative estimate of drug-likeness (QED) is 0.590. The zero-order valence-electron chi connectivity index (χ0n) is 17.8. The van der Waals surface area contributed by atoms with Crippen LogP contribution in [0.4, 0.5) is 26.3 Å². The number of sulfone groups is 1. The summed E-state index contributed by atoms with van der Waals surface area (Å²) in [6, 6.07) is 3.63. The lowest BCUT2D eigenvalue weighted by molar-refractivity contribution is -0.410. The van der Waals surface area contributed by atoms with Gasteiger partial charge in [0.1, 0.15) is 5.75 Å². The van der Waals surface area contributed by atoms with E-state index < -0.39 is 51.4 Å². The van der Waals surface area contributed by atoms with Crippen molar-refractivity contribution in [2.75, 3.05) is 13.1 Å². The second kappa shape index (κ2) is 7.88. The normalized spacial score (nSPS) is 28.6. The van der Waals surface area contributed by atoms with Crippen LogP contribution in [0, 0.1) is 17.3 Å². The van der Waals surface area contributed by atoms with Gasteiger partial charge < -0.3 is 10.2 Å². The van der Waals surface area contributed by atoms with Crippen LogP contribution in [0.5, 0.6) is 5.75 Å². The lowest BCUT2D eigenvalue weighted by atomic mass is 9.62. The van der Waals surface area contributed by atoms with Crippen LogP contribution in [0.15, 0.2) is 58.2 Å². The number of ether oxygens (including phenoxy) is 1. The van der Waals surface area contributed by atoms with Crippen molar-refractivity contribution in [3.05, 3.63) is 48.2 Å². The molecule has 14 heteroatoms. The molecule has 2 aliphatic carbocycles. The zero-order chi connectivity index (χ0) is 25.2. The maximum absolute atomic E-state index is 13.8. The molecule has 1 saturated carbocycles. The molecule has 7 nitrogen and oxygen atoms in total. The molecule has 3 unspecified atom stereocenters. The molecular weight excluding hydrogens is 504 g/mol. The molecule has 190 valence electrons. The molecule has 5 rings (SSSR count). The van der Waals surface area contributed by atoms with Gasteiger partial charge in [0, 0.05) is 0 Å². The summed E-state index contributed by atoms with van der Waals surface area (Å²) in [4.78, 5) is 3.95. The lowest BCUT2D eigenvalue weighted by Gasteiger charge is -2.52. The predicted octanol–water partition coefficient (Wildman–Crippen LogP) is 3.92. The first kappa shape index (κ1) is 24.0. The highest BCUT2D eigenvalue weighted by atomic mass is 32.2. The van der Waals surface area contributed by atoms with Gasteiger partial charge in [-0.15, -0.1) is 26.3 Å². The van der Waals surface area contributed by atoms with Crippen LogP contribution < -0.4 is 10.2 Å². The van der Waals surface area contributed by atoms with Gasteiger partial charge in [-0.05, 0) is 61.1 Å². The van der Waals surface area contributed by atoms with E-state index in [9.17, 15) is 34.8 Å². The van der Waals surface area contributed by atoms with Crippen LogP contribution in [-0.4, -0.2) is 50.3 Å². The van der Waals surface area contributed by atoms with E-state index >= 15 is 0 Å². The molecule has 1 aromatic rings. The molecule has 2 heterocycles. The Hall–Kier alpha value is -2.74. The van der Waals surface area contributed by atoms with Crippen LogP contribution in [0.1, 0.15) is 12.8 Å². The highest BCUT2D eigenvalue weighted by molar-refractivity contribution is 7.92. The number of alkyl halides is 6. The number of hydroxylamine groups is 2. The predicted molar refractivity (Wildman–Crippen MR) is 109 cm³/mol. The first-order chi connectivity index (χ1) is 16.3. The summed E-state index contributed by atoms with van der Waals surface area (Å²) < 4.78 is 109.